The van der Waals surface area contributed by atoms with E-state index in [1.165, 1.54) is 0 Å². The Morgan fingerprint density at radius 1 is 1.42 bits per heavy atom. The average Bonchev–Trinajstić information content (AvgIpc) is 2.24. The SMILES string of the molecule is CC(C)(C)C(CC(N)CC(=O)O)N1CCCCC1=O. The number of aliphatic carboxylic acids is 1. The van der Waals surface area contributed by atoms with Crippen molar-refractivity contribution in [3.8, 4) is 0 Å². The van der Waals surface area contributed by atoms with Crippen LogP contribution in [0.15, 0.2) is 0 Å². The number of rotatable bonds is 5. The van der Waals surface area contributed by atoms with E-state index in [9.17, 15) is 9.59 Å². The van der Waals surface area contributed by atoms with Crippen LogP contribution in [-0.4, -0.2) is 40.5 Å². The standard InChI is InChI=1S/C14H26N2O3/c1-14(2,3)11(8-10(15)9-13(18)19)16-7-5-4-6-12(16)17/h10-11H,4-9,15H2,1-3H3,(H,18,19). The monoisotopic (exact) mass is 270 g/mol. The third-order valence-corrected chi connectivity index (χ3v) is 3.70. The molecule has 0 aromatic heterocycles. The zero-order valence-corrected chi connectivity index (χ0v) is 12.2. The van der Waals surface area contributed by atoms with Gasteiger partial charge in [-0.3, -0.25) is 9.59 Å². The second-order valence-electron chi connectivity index (χ2n) is 6.52. The summed E-state index contributed by atoms with van der Waals surface area (Å²) in [5, 5.41) is 8.80. The Labute approximate surface area is 115 Å². The highest BCUT2D eigenvalue weighted by atomic mass is 16.4. The fourth-order valence-electron chi connectivity index (χ4n) is 2.70. The molecule has 0 bridgehead atoms. The molecule has 3 N–H and O–H groups in total. The molecule has 0 aliphatic carbocycles. The maximum Gasteiger partial charge on any atom is 0.304 e. The van der Waals surface area contributed by atoms with Gasteiger partial charge in [-0.2, -0.15) is 0 Å². The number of carbonyl (C=O) groups excluding carboxylic acids is 1. The molecule has 0 aromatic rings. The molecule has 19 heavy (non-hydrogen) atoms. The van der Waals surface area contributed by atoms with E-state index in [2.05, 4.69) is 20.8 Å². The molecule has 5 nitrogen and oxygen atoms in total. The van der Waals surface area contributed by atoms with Gasteiger partial charge in [-0.1, -0.05) is 20.8 Å². The number of nitrogens with two attached hydrogens (primary N) is 1. The van der Waals surface area contributed by atoms with Crippen LogP contribution < -0.4 is 5.73 Å². The Kier molecular flexibility index (Phi) is 5.35. The Hall–Kier alpha value is -1.10. The first-order chi connectivity index (χ1) is 8.71. The minimum Gasteiger partial charge on any atom is -0.481 e. The molecule has 1 rings (SSSR count). The van der Waals surface area contributed by atoms with Gasteiger partial charge >= 0.3 is 5.97 Å². The summed E-state index contributed by atoms with van der Waals surface area (Å²) in [5.74, 6) is -0.709. The minimum absolute atomic E-state index is 0.00894. The fraction of sp³-hybridized carbons (Fsp3) is 0.857. The van der Waals surface area contributed by atoms with Crippen molar-refractivity contribution in [2.75, 3.05) is 6.54 Å². The summed E-state index contributed by atoms with van der Waals surface area (Å²) in [7, 11) is 0. The summed E-state index contributed by atoms with van der Waals surface area (Å²) < 4.78 is 0. The van der Waals surface area contributed by atoms with Crippen LogP contribution in [0, 0.1) is 5.41 Å². The zero-order chi connectivity index (χ0) is 14.6. The number of carboxylic acids is 1. The van der Waals surface area contributed by atoms with Crippen molar-refractivity contribution in [2.45, 2.75) is 65.0 Å². The highest BCUT2D eigenvalue weighted by molar-refractivity contribution is 5.77. The molecule has 110 valence electrons. The summed E-state index contributed by atoms with van der Waals surface area (Å²) in [6.45, 7) is 6.99. The van der Waals surface area contributed by atoms with E-state index >= 15 is 0 Å². The van der Waals surface area contributed by atoms with Crippen molar-refractivity contribution in [3.63, 3.8) is 0 Å². The molecule has 1 aliphatic rings. The van der Waals surface area contributed by atoms with E-state index in [1.807, 2.05) is 4.90 Å². The van der Waals surface area contributed by atoms with Gasteiger partial charge in [0.2, 0.25) is 5.91 Å². The lowest BCUT2D eigenvalue weighted by atomic mass is 9.80. The second-order valence-corrected chi connectivity index (χ2v) is 6.52. The number of likely N-dealkylation sites (tertiary alicyclic amines) is 1. The van der Waals surface area contributed by atoms with Gasteiger partial charge in [0, 0.05) is 25.0 Å². The van der Waals surface area contributed by atoms with E-state index in [1.54, 1.807) is 0 Å². The molecule has 1 amide bonds. The van der Waals surface area contributed by atoms with Gasteiger partial charge in [-0.15, -0.1) is 0 Å². The third kappa shape index (κ3) is 4.82. The largest absolute Gasteiger partial charge is 0.481 e. The Bertz CT molecular complexity index is 336. The quantitative estimate of drug-likeness (QED) is 0.795. The van der Waals surface area contributed by atoms with Crippen molar-refractivity contribution in [1.29, 1.82) is 0 Å². The molecule has 1 saturated heterocycles. The first-order valence-electron chi connectivity index (χ1n) is 6.98. The molecular weight excluding hydrogens is 244 g/mol. The lowest BCUT2D eigenvalue weighted by Crippen LogP contribution is -2.51. The van der Waals surface area contributed by atoms with E-state index in [4.69, 9.17) is 10.8 Å². The van der Waals surface area contributed by atoms with Crippen LogP contribution in [-0.2, 0) is 9.59 Å². The predicted molar refractivity (Wildman–Crippen MR) is 73.7 cm³/mol. The van der Waals surface area contributed by atoms with E-state index < -0.39 is 12.0 Å². The first-order valence-corrected chi connectivity index (χ1v) is 6.98. The second kappa shape index (κ2) is 6.37. The summed E-state index contributed by atoms with van der Waals surface area (Å²) in [6, 6.07) is -0.397. The molecular formula is C14H26N2O3. The summed E-state index contributed by atoms with van der Waals surface area (Å²) in [6.07, 6.45) is 3.07. The van der Waals surface area contributed by atoms with Crippen LogP contribution in [0.3, 0.4) is 0 Å². The zero-order valence-electron chi connectivity index (χ0n) is 12.2. The van der Waals surface area contributed by atoms with Gasteiger partial charge in [-0.25, -0.2) is 0 Å². The molecule has 0 spiro atoms. The van der Waals surface area contributed by atoms with Gasteiger partial charge < -0.3 is 15.7 Å². The number of carboxylic acid groups (broad SMARTS) is 1. The van der Waals surface area contributed by atoms with E-state index in [-0.39, 0.29) is 23.8 Å². The normalized spacial score (nSPS) is 20.2. The highest BCUT2D eigenvalue weighted by Gasteiger charge is 2.35. The summed E-state index contributed by atoms with van der Waals surface area (Å²) in [5.41, 5.74) is 5.81. The smallest absolute Gasteiger partial charge is 0.304 e. The first kappa shape index (κ1) is 16.0. The topological polar surface area (TPSA) is 83.6 Å². The molecule has 2 unspecified atom stereocenters. The van der Waals surface area contributed by atoms with Crippen molar-refractivity contribution < 1.29 is 14.7 Å². The van der Waals surface area contributed by atoms with Gasteiger partial charge in [0.15, 0.2) is 0 Å². The summed E-state index contributed by atoms with van der Waals surface area (Å²) >= 11 is 0. The number of amides is 1. The number of piperidine rings is 1. The van der Waals surface area contributed by atoms with Gasteiger partial charge in [0.05, 0.1) is 6.42 Å². The van der Waals surface area contributed by atoms with Crippen LogP contribution in [0.5, 0.6) is 0 Å². The average molecular weight is 270 g/mol. The molecule has 1 aliphatic heterocycles. The summed E-state index contributed by atoms with van der Waals surface area (Å²) in [4.78, 5) is 24.7. The van der Waals surface area contributed by atoms with Gasteiger partial charge in [0.25, 0.3) is 0 Å². The van der Waals surface area contributed by atoms with Crippen molar-refractivity contribution in [1.82, 2.24) is 4.90 Å². The Morgan fingerprint density at radius 2 is 2.05 bits per heavy atom. The van der Waals surface area contributed by atoms with Crippen LogP contribution >= 0.6 is 0 Å². The predicted octanol–water partition coefficient (Wildman–Crippen LogP) is 1.61. The molecule has 0 aromatic carbocycles. The maximum atomic E-state index is 12.1. The molecule has 0 saturated carbocycles. The van der Waals surface area contributed by atoms with Crippen LogP contribution in [0.2, 0.25) is 0 Å². The maximum absolute atomic E-state index is 12.1. The lowest BCUT2D eigenvalue weighted by Gasteiger charge is -2.43. The lowest BCUT2D eigenvalue weighted by molar-refractivity contribution is -0.139. The van der Waals surface area contributed by atoms with Crippen LogP contribution in [0.4, 0.5) is 0 Å². The molecule has 1 fully saturated rings. The minimum atomic E-state index is -0.884. The van der Waals surface area contributed by atoms with Gasteiger partial charge in [-0.05, 0) is 24.7 Å². The fourth-order valence-corrected chi connectivity index (χ4v) is 2.70. The highest BCUT2D eigenvalue weighted by Crippen LogP contribution is 2.30. The van der Waals surface area contributed by atoms with Crippen LogP contribution in [0.1, 0.15) is 52.9 Å². The molecule has 1 heterocycles. The van der Waals surface area contributed by atoms with Crippen LogP contribution in [0.25, 0.3) is 0 Å². The number of nitrogens with zero attached hydrogens (tertiary/aromatic N) is 1. The van der Waals surface area contributed by atoms with Gasteiger partial charge in [0.1, 0.15) is 0 Å². The number of hydrogen-bond donors (Lipinski definition) is 2. The Balaban J connectivity index is 2.77. The third-order valence-electron chi connectivity index (χ3n) is 3.70. The van der Waals surface area contributed by atoms with Crippen molar-refractivity contribution >= 4 is 11.9 Å². The Morgan fingerprint density at radius 3 is 2.53 bits per heavy atom. The molecule has 5 heteroatoms. The van der Waals surface area contributed by atoms with E-state index in [0.29, 0.717) is 12.8 Å². The van der Waals surface area contributed by atoms with Crippen molar-refractivity contribution in [3.05, 3.63) is 0 Å². The number of carbonyl (C=O) groups is 2. The van der Waals surface area contributed by atoms with E-state index in [0.717, 1.165) is 19.4 Å². The number of hydrogen-bond acceptors (Lipinski definition) is 3. The van der Waals surface area contributed by atoms with Crippen molar-refractivity contribution in [2.24, 2.45) is 11.1 Å². The molecule has 2 atom stereocenters. The molecule has 0 radical (unpaired) electrons.